The second-order valence-electron chi connectivity index (χ2n) is 5.07. The summed E-state index contributed by atoms with van der Waals surface area (Å²) in [6.45, 7) is 5.83. The predicted octanol–water partition coefficient (Wildman–Crippen LogP) is 3.05. The summed E-state index contributed by atoms with van der Waals surface area (Å²) in [5.41, 5.74) is 2.72. The quantitative estimate of drug-likeness (QED) is 0.842. The normalized spacial score (nSPS) is 12.3. The van der Waals surface area contributed by atoms with E-state index in [1.807, 2.05) is 12.4 Å². The van der Waals surface area contributed by atoms with E-state index in [4.69, 9.17) is 4.74 Å². The molecule has 1 heterocycles. The van der Waals surface area contributed by atoms with Crippen LogP contribution in [0.1, 0.15) is 24.1 Å². The minimum atomic E-state index is 0.281. The van der Waals surface area contributed by atoms with Gasteiger partial charge in [-0.25, -0.2) is 4.98 Å². The number of aromatic nitrogens is 2. The van der Waals surface area contributed by atoms with Crippen molar-refractivity contribution in [3.05, 3.63) is 47.8 Å². The molecule has 1 atom stereocenters. The highest BCUT2D eigenvalue weighted by Crippen LogP contribution is 2.14. The van der Waals surface area contributed by atoms with Crippen LogP contribution in [-0.4, -0.2) is 29.8 Å². The number of anilines is 1. The largest absolute Gasteiger partial charge is 0.383 e. The third-order valence-electron chi connectivity index (χ3n) is 3.49. The molecule has 1 aromatic heterocycles. The number of hydrogen-bond acceptors (Lipinski definition) is 3. The Morgan fingerprint density at radius 3 is 2.90 bits per heavy atom. The standard InChI is InChI=1S/C16H23N3O/c1-13-6-4-5-7-15(13)8-9-17-16-18-10-11-19(16)14(2)12-20-3/h4-7,10-11,14H,8-9,12H2,1-3H3,(H,17,18). The van der Waals surface area contributed by atoms with Gasteiger partial charge in [0, 0.05) is 26.0 Å². The van der Waals surface area contributed by atoms with Gasteiger partial charge in [-0.3, -0.25) is 0 Å². The number of nitrogens with one attached hydrogen (secondary N) is 1. The molecule has 0 aliphatic carbocycles. The fourth-order valence-electron chi connectivity index (χ4n) is 2.33. The van der Waals surface area contributed by atoms with Crippen molar-refractivity contribution >= 4 is 5.95 Å². The van der Waals surface area contributed by atoms with Crippen molar-refractivity contribution in [2.24, 2.45) is 0 Å². The number of benzene rings is 1. The molecular weight excluding hydrogens is 250 g/mol. The van der Waals surface area contributed by atoms with E-state index >= 15 is 0 Å². The summed E-state index contributed by atoms with van der Waals surface area (Å²) < 4.78 is 7.31. The smallest absolute Gasteiger partial charge is 0.203 e. The van der Waals surface area contributed by atoms with Crippen molar-refractivity contribution in [2.75, 3.05) is 25.6 Å². The molecule has 0 bridgehead atoms. The molecule has 1 unspecified atom stereocenters. The zero-order valence-electron chi connectivity index (χ0n) is 12.5. The molecule has 0 saturated heterocycles. The van der Waals surface area contributed by atoms with E-state index < -0.39 is 0 Å². The second kappa shape index (κ2) is 7.10. The molecule has 1 N–H and O–H groups in total. The van der Waals surface area contributed by atoms with Crippen LogP contribution in [-0.2, 0) is 11.2 Å². The van der Waals surface area contributed by atoms with E-state index in [0.29, 0.717) is 6.61 Å². The summed E-state index contributed by atoms with van der Waals surface area (Å²) >= 11 is 0. The lowest BCUT2D eigenvalue weighted by atomic mass is 10.1. The molecule has 0 aliphatic heterocycles. The molecule has 2 rings (SSSR count). The molecule has 0 fully saturated rings. The molecule has 0 spiro atoms. The summed E-state index contributed by atoms with van der Waals surface area (Å²) in [6.07, 6.45) is 4.81. The van der Waals surface area contributed by atoms with E-state index in [1.54, 1.807) is 7.11 Å². The lowest BCUT2D eigenvalue weighted by Crippen LogP contribution is -2.16. The van der Waals surface area contributed by atoms with Gasteiger partial charge >= 0.3 is 0 Å². The first-order valence-corrected chi connectivity index (χ1v) is 7.02. The molecule has 108 valence electrons. The number of imidazole rings is 1. The summed E-state index contributed by atoms with van der Waals surface area (Å²) in [4.78, 5) is 4.37. The van der Waals surface area contributed by atoms with Gasteiger partial charge in [0.05, 0.1) is 12.6 Å². The van der Waals surface area contributed by atoms with Crippen LogP contribution in [0.5, 0.6) is 0 Å². The van der Waals surface area contributed by atoms with E-state index in [1.165, 1.54) is 11.1 Å². The zero-order chi connectivity index (χ0) is 14.4. The fourth-order valence-corrected chi connectivity index (χ4v) is 2.33. The summed E-state index contributed by atoms with van der Waals surface area (Å²) in [5, 5.41) is 3.40. The molecule has 4 nitrogen and oxygen atoms in total. The van der Waals surface area contributed by atoms with Crippen LogP contribution >= 0.6 is 0 Å². The molecule has 4 heteroatoms. The lowest BCUT2D eigenvalue weighted by molar-refractivity contribution is 0.163. The van der Waals surface area contributed by atoms with Crippen molar-refractivity contribution in [2.45, 2.75) is 26.3 Å². The number of hydrogen-bond donors (Lipinski definition) is 1. The average Bonchev–Trinajstić information content (AvgIpc) is 2.90. The Bertz CT molecular complexity index is 536. The first kappa shape index (κ1) is 14.6. The van der Waals surface area contributed by atoms with Gasteiger partial charge in [-0.05, 0) is 31.4 Å². The number of methoxy groups -OCH3 is 1. The van der Waals surface area contributed by atoms with Crippen LogP contribution in [0.4, 0.5) is 5.95 Å². The van der Waals surface area contributed by atoms with Crippen LogP contribution in [0.25, 0.3) is 0 Å². The molecule has 1 aromatic carbocycles. The van der Waals surface area contributed by atoms with Gasteiger partial charge < -0.3 is 14.6 Å². The van der Waals surface area contributed by atoms with Gasteiger partial charge in [-0.1, -0.05) is 24.3 Å². The molecule has 0 aliphatic rings. The van der Waals surface area contributed by atoms with Crippen LogP contribution < -0.4 is 5.32 Å². The molecular formula is C16H23N3O. The van der Waals surface area contributed by atoms with Crippen molar-refractivity contribution in [3.8, 4) is 0 Å². The third-order valence-corrected chi connectivity index (χ3v) is 3.49. The molecule has 20 heavy (non-hydrogen) atoms. The highest BCUT2D eigenvalue weighted by molar-refractivity contribution is 5.30. The SMILES string of the molecule is COCC(C)n1ccnc1NCCc1ccccc1C. The van der Waals surface area contributed by atoms with Crippen LogP contribution in [0.2, 0.25) is 0 Å². The highest BCUT2D eigenvalue weighted by atomic mass is 16.5. The van der Waals surface area contributed by atoms with Gasteiger partial charge in [0.2, 0.25) is 5.95 Å². The maximum atomic E-state index is 5.20. The Kier molecular flexibility index (Phi) is 5.18. The van der Waals surface area contributed by atoms with Crippen LogP contribution in [0, 0.1) is 6.92 Å². The minimum Gasteiger partial charge on any atom is -0.383 e. The van der Waals surface area contributed by atoms with Gasteiger partial charge in [0.15, 0.2) is 0 Å². The number of ether oxygens (including phenoxy) is 1. The summed E-state index contributed by atoms with van der Waals surface area (Å²) in [5.74, 6) is 0.906. The second-order valence-corrected chi connectivity index (χ2v) is 5.07. The van der Waals surface area contributed by atoms with Crippen molar-refractivity contribution in [3.63, 3.8) is 0 Å². The van der Waals surface area contributed by atoms with E-state index in [0.717, 1.165) is 18.9 Å². The van der Waals surface area contributed by atoms with Crippen LogP contribution in [0.3, 0.4) is 0 Å². The molecule has 0 amide bonds. The zero-order valence-corrected chi connectivity index (χ0v) is 12.5. The Morgan fingerprint density at radius 2 is 2.15 bits per heavy atom. The fraction of sp³-hybridized carbons (Fsp3) is 0.438. The lowest BCUT2D eigenvalue weighted by Gasteiger charge is -2.16. The van der Waals surface area contributed by atoms with Gasteiger partial charge in [-0.2, -0.15) is 0 Å². The van der Waals surface area contributed by atoms with E-state index in [-0.39, 0.29) is 6.04 Å². The van der Waals surface area contributed by atoms with Crippen molar-refractivity contribution < 1.29 is 4.74 Å². The maximum Gasteiger partial charge on any atom is 0.203 e. The van der Waals surface area contributed by atoms with Gasteiger partial charge in [0.1, 0.15) is 0 Å². The van der Waals surface area contributed by atoms with Crippen LogP contribution in [0.15, 0.2) is 36.7 Å². The van der Waals surface area contributed by atoms with E-state index in [9.17, 15) is 0 Å². The number of aryl methyl sites for hydroxylation is 1. The Labute approximate surface area is 120 Å². The van der Waals surface area contributed by atoms with Crippen molar-refractivity contribution in [1.29, 1.82) is 0 Å². The Hall–Kier alpha value is -1.81. The molecule has 0 radical (unpaired) electrons. The summed E-state index contributed by atoms with van der Waals surface area (Å²) in [7, 11) is 1.72. The minimum absolute atomic E-state index is 0.281. The van der Waals surface area contributed by atoms with Gasteiger partial charge in [0.25, 0.3) is 0 Å². The Morgan fingerprint density at radius 1 is 1.35 bits per heavy atom. The first-order chi connectivity index (χ1) is 9.72. The van der Waals surface area contributed by atoms with Crippen molar-refractivity contribution in [1.82, 2.24) is 9.55 Å². The number of nitrogens with zero attached hydrogens (tertiary/aromatic N) is 2. The number of rotatable bonds is 7. The first-order valence-electron chi connectivity index (χ1n) is 7.02. The summed E-state index contributed by atoms with van der Waals surface area (Å²) in [6, 6.07) is 8.77. The third kappa shape index (κ3) is 3.61. The monoisotopic (exact) mass is 273 g/mol. The van der Waals surface area contributed by atoms with E-state index in [2.05, 4.69) is 53.0 Å². The highest BCUT2D eigenvalue weighted by Gasteiger charge is 2.09. The average molecular weight is 273 g/mol. The maximum absolute atomic E-state index is 5.20. The van der Waals surface area contributed by atoms with Gasteiger partial charge in [-0.15, -0.1) is 0 Å². The predicted molar refractivity (Wildman–Crippen MR) is 82.2 cm³/mol. The topological polar surface area (TPSA) is 39.1 Å². The Balaban J connectivity index is 1.92. The molecule has 2 aromatic rings. The molecule has 0 saturated carbocycles.